The lowest BCUT2D eigenvalue weighted by Gasteiger charge is -2.37. The Labute approximate surface area is 156 Å². The highest BCUT2D eigenvalue weighted by Crippen LogP contribution is 2.41. The average Bonchev–Trinajstić information content (AvgIpc) is 3.33. The molecule has 28 heavy (non-hydrogen) atoms. The summed E-state index contributed by atoms with van der Waals surface area (Å²) in [5.41, 5.74) is -1.64. The van der Waals surface area contributed by atoms with Crippen LogP contribution in [0.3, 0.4) is 0 Å². The lowest BCUT2D eigenvalue weighted by atomic mass is 9.81. The van der Waals surface area contributed by atoms with Gasteiger partial charge in [-0.2, -0.15) is 13.2 Å². The van der Waals surface area contributed by atoms with Crippen molar-refractivity contribution in [1.29, 1.82) is 0 Å². The van der Waals surface area contributed by atoms with E-state index in [1.807, 2.05) is 0 Å². The van der Waals surface area contributed by atoms with Gasteiger partial charge in [0.25, 0.3) is 5.91 Å². The van der Waals surface area contributed by atoms with E-state index in [2.05, 4.69) is 25.3 Å². The molecule has 0 unspecified atom stereocenters. The maximum absolute atomic E-state index is 12.9. The summed E-state index contributed by atoms with van der Waals surface area (Å²) < 4.78 is 40.3. The summed E-state index contributed by atoms with van der Waals surface area (Å²) in [6, 6.07) is 1.21. The molecule has 0 spiro atoms. The van der Waals surface area contributed by atoms with Gasteiger partial charge in [0.15, 0.2) is 11.3 Å². The van der Waals surface area contributed by atoms with Crippen LogP contribution in [0.25, 0.3) is 17.0 Å². The molecule has 0 saturated heterocycles. The van der Waals surface area contributed by atoms with E-state index in [0.29, 0.717) is 11.0 Å². The first-order chi connectivity index (χ1) is 13.3. The van der Waals surface area contributed by atoms with Crippen molar-refractivity contribution in [2.75, 3.05) is 0 Å². The number of aliphatic hydroxyl groups is 1. The first-order valence-electron chi connectivity index (χ1n) is 8.70. The lowest BCUT2D eigenvalue weighted by Crippen LogP contribution is -2.51. The Bertz CT molecular complexity index is 990. The van der Waals surface area contributed by atoms with Crippen molar-refractivity contribution in [1.82, 2.24) is 29.8 Å². The fourth-order valence-electron chi connectivity index (χ4n) is 3.37. The molecule has 0 atom stereocenters. The molecular weight excluding hydrogens is 377 g/mol. The summed E-state index contributed by atoms with van der Waals surface area (Å²) in [4.78, 5) is 28.3. The SMILES string of the molecule is O=C(NC1CCC(O)(C(F)(F)F)CC1)c1nc(-n2ccnc2)nc2cc[nH]c12. The molecule has 3 N–H and O–H groups in total. The third kappa shape index (κ3) is 3.21. The summed E-state index contributed by atoms with van der Waals surface area (Å²) in [7, 11) is 0. The van der Waals surface area contributed by atoms with E-state index in [0.717, 1.165) is 0 Å². The predicted molar refractivity (Wildman–Crippen MR) is 91.7 cm³/mol. The number of aromatic amines is 1. The molecule has 148 valence electrons. The van der Waals surface area contributed by atoms with Crippen LogP contribution < -0.4 is 5.32 Å². The van der Waals surface area contributed by atoms with Gasteiger partial charge >= 0.3 is 6.18 Å². The fraction of sp³-hybridized carbons (Fsp3) is 0.412. The Morgan fingerprint density at radius 1 is 1.32 bits per heavy atom. The summed E-state index contributed by atoms with van der Waals surface area (Å²) in [6.07, 6.45) is 0.761. The Hall–Kier alpha value is -2.95. The van der Waals surface area contributed by atoms with E-state index in [-0.39, 0.29) is 24.5 Å². The molecule has 3 heterocycles. The number of halogens is 3. The van der Waals surface area contributed by atoms with Crippen LogP contribution in [0.15, 0.2) is 31.0 Å². The number of alkyl halides is 3. The van der Waals surface area contributed by atoms with Crippen molar-refractivity contribution in [3.8, 4) is 5.95 Å². The van der Waals surface area contributed by atoms with Crippen molar-refractivity contribution in [3.63, 3.8) is 0 Å². The molecule has 0 bridgehead atoms. The van der Waals surface area contributed by atoms with Gasteiger partial charge in [0.2, 0.25) is 5.95 Å². The van der Waals surface area contributed by atoms with Crippen molar-refractivity contribution in [3.05, 3.63) is 36.7 Å². The minimum absolute atomic E-state index is 0.0229. The van der Waals surface area contributed by atoms with Crippen LogP contribution in [-0.2, 0) is 0 Å². The van der Waals surface area contributed by atoms with Gasteiger partial charge in [-0.05, 0) is 31.7 Å². The zero-order chi connectivity index (χ0) is 19.9. The van der Waals surface area contributed by atoms with Gasteiger partial charge < -0.3 is 15.4 Å². The largest absolute Gasteiger partial charge is 0.417 e. The number of aromatic nitrogens is 5. The molecule has 1 fully saturated rings. The molecule has 4 rings (SSSR count). The Morgan fingerprint density at radius 2 is 2.07 bits per heavy atom. The Kier molecular flexibility index (Phi) is 4.33. The van der Waals surface area contributed by atoms with Crippen LogP contribution in [0.5, 0.6) is 0 Å². The third-order valence-corrected chi connectivity index (χ3v) is 5.02. The number of nitrogens with one attached hydrogen (secondary N) is 2. The van der Waals surface area contributed by atoms with Crippen LogP contribution in [-0.4, -0.2) is 53.3 Å². The van der Waals surface area contributed by atoms with Crippen LogP contribution in [0.2, 0.25) is 0 Å². The number of carbonyl (C=O) groups excluding carboxylic acids is 1. The zero-order valence-electron chi connectivity index (χ0n) is 14.6. The van der Waals surface area contributed by atoms with Gasteiger partial charge in [0.1, 0.15) is 6.33 Å². The number of H-pyrrole nitrogens is 1. The fourth-order valence-corrected chi connectivity index (χ4v) is 3.37. The number of fused-ring (bicyclic) bond motifs is 1. The normalized spacial score (nSPS) is 23.1. The molecule has 1 aliphatic carbocycles. The van der Waals surface area contributed by atoms with Crippen LogP contribution >= 0.6 is 0 Å². The van der Waals surface area contributed by atoms with Crippen molar-refractivity contribution >= 4 is 16.9 Å². The Morgan fingerprint density at radius 3 is 2.71 bits per heavy atom. The summed E-state index contributed by atoms with van der Waals surface area (Å²) >= 11 is 0. The van der Waals surface area contributed by atoms with Crippen molar-refractivity contribution in [2.45, 2.75) is 43.5 Å². The quantitative estimate of drug-likeness (QED) is 0.631. The van der Waals surface area contributed by atoms with Gasteiger partial charge in [0.05, 0.1) is 11.0 Å². The van der Waals surface area contributed by atoms with Crippen LogP contribution in [0.4, 0.5) is 13.2 Å². The smallest absolute Gasteiger partial charge is 0.380 e. The molecule has 1 amide bonds. The van der Waals surface area contributed by atoms with Crippen LogP contribution in [0.1, 0.15) is 36.2 Å². The standard InChI is InChI=1S/C17H17F3N6O2/c18-17(19,20)16(28)4-1-10(2-5-16)23-14(27)13-12-11(3-6-22-12)24-15(25-13)26-8-7-21-9-26/h3,6-10,22,28H,1-2,4-5H2,(H,23,27). The zero-order valence-corrected chi connectivity index (χ0v) is 14.6. The first kappa shape index (κ1) is 18.4. The van der Waals surface area contributed by atoms with E-state index in [1.54, 1.807) is 29.2 Å². The first-order valence-corrected chi connectivity index (χ1v) is 8.70. The number of carbonyl (C=O) groups is 1. The molecule has 0 aliphatic heterocycles. The summed E-state index contributed by atoms with van der Waals surface area (Å²) in [5, 5.41) is 12.5. The number of rotatable bonds is 3. The number of amides is 1. The number of hydrogen-bond donors (Lipinski definition) is 3. The van der Waals surface area contributed by atoms with Crippen LogP contribution in [0, 0.1) is 0 Å². The van der Waals surface area contributed by atoms with Gasteiger partial charge in [-0.1, -0.05) is 0 Å². The molecule has 3 aromatic heterocycles. The molecule has 0 radical (unpaired) electrons. The van der Waals surface area contributed by atoms with Crippen molar-refractivity contribution in [2.24, 2.45) is 0 Å². The number of imidazole rings is 1. The second-order valence-corrected chi connectivity index (χ2v) is 6.86. The molecule has 11 heteroatoms. The third-order valence-electron chi connectivity index (χ3n) is 5.02. The second kappa shape index (κ2) is 6.59. The lowest BCUT2D eigenvalue weighted by molar-refractivity contribution is -0.270. The van der Waals surface area contributed by atoms with Gasteiger partial charge in [-0.3, -0.25) is 9.36 Å². The minimum Gasteiger partial charge on any atom is -0.380 e. The molecule has 0 aromatic carbocycles. The maximum atomic E-state index is 12.9. The summed E-state index contributed by atoms with van der Waals surface area (Å²) in [5.74, 6) is -0.261. The van der Waals surface area contributed by atoms with E-state index in [4.69, 9.17) is 0 Å². The molecular formula is C17H17F3N6O2. The topological polar surface area (TPSA) is 109 Å². The average molecular weight is 394 g/mol. The molecule has 3 aromatic rings. The molecule has 8 nitrogen and oxygen atoms in total. The van der Waals surface area contributed by atoms with Gasteiger partial charge in [-0.15, -0.1) is 0 Å². The molecule has 1 saturated carbocycles. The number of nitrogens with zero attached hydrogens (tertiary/aromatic N) is 4. The van der Waals surface area contributed by atoms with Gasteiger partial charge in [-0.25, -0.2) is 15.0 Å². The second-order valence-electron chi connectivity index (χ2n) is 6.86. The van der Waals surface area contributed by atoms with E-state index in [9.17, 15) is 23.1 Å². The predicted octanol–water partition coefficient (Wildman–Crippen LogP) is 2.11. The van der Waals surface area contributed by atoms with Gasteiger partial charge in [0, 0.05) is 24.6 Å². The number of hydrogen-bond acceptors (Lipinski definition) is 5. The summed E-state index contributed by atoms with van der Waals surface area (Å²) in [6.45, 7) is 0. The van der Waals surface area contributed by atoms with E-state index < -0.39 is 36.6 Å². The monoisotopic (exact) mass is 394 g/mol. The highest BCUT2D eigenvalue weighted by atomic mass is 19.4. The Balaban J connectivity index is 1.54. The highest BCUT2D eigenvalue weighted by molar-refractivity contribution is 6.03. The molecule has 1 aliphatic rings. The highest BCUT2D eigenvalue weighted by Gasteiger charge is 2.54. The van der Waals surface area contributed by atoms with E-state index >= 15 is 0 Å². The maximum Gasteiger partial charge on any atom is 0.417 e. The minimum atomic E-state index is -4.68. The van der Waals surface area contributed by atoms with E-state index in [1.165, 1.54) is 6.33 Å². The van der Waals surface area contributed by atoms with Crippen molar-refractivity contribution < 1.29 is 23.1 Å².